The fourth-order valence-electron chi connectivity index (χ4n) is 3.92. The SMILES string of the molecule is CCCn1c(=O)c2c(nc3n2C[C@@H](C)CN3c2cccc(OC)c2)n(C)c1=O. The third-order valence-electron chi connectivity index (χ3n) is 5.25. The summed E-state index contributed by atoms with van der Waals surface area (Å²) in [6.45, 7) is 5.96. The van der Waals surface area contributed by atoms with Crippen LogP contribution in [0.5, 0.6) is 5.75 Å². The normalized spacial score (nSPS) is 16.4. The van der Waals surface area contributed by atoms with Gasteiger partial charge in [-0.15, -0.1) is 0 Å². The van der Waals surface area contributed by atoms with Crippen LogP contribution in [0.15, 0.2) is 33.9 Å². The lowest BCUT2D eigenvalue weighted by Crippen LogP contribution is -2.40. The number of fused-ring (bicyclic) bond motifs is 3. The van der Waals surface area contributed by atoms with Crippen LogP contribution in [-0.4, -0.2) is 32.3 Å². The van der Waals surface area contributed by atoms with Crippen molar-refractivity contribution < 1.29 is 4.74 Å². The van der Waals surface area contributed by atoms with E-state index in [9.17, 15) is 9.59 Å². The second-order valence-corrected chi connectivity index (χ2v) is 7.41. The molecule has 1 aliphatic rings. The summed E-state index contributed by atoms with van der Waals surface area (Å²) in [7, 11) is 3.31. The van der Waals surface area contributed by atoms with Gasteiger partial charge in [-0.05, 0) is 24.5 Å². The zero-order chi connectivity index (χ0) is 20.0. The van der Waals surface area contributed by atoms with Gasteiger partial charge in [-0.25, -0.2) is 4.79 Å². The van der Waals surface area contributed by atoms with Gasteiger partial charge in [-0.2, -0.15) is 4.98 Å². The van der Waals surface area contributed by atoms with Gasteiger partial charge in [0, 0.05) is 38.4 Å². The van der Waals surface area contributed by atoms with E-state index in [1.54, 1.807) is 14.2 Å². The predicted octanol–water partition coefficient (Wildman–Crippen LogP) is 2.10. The molecule has 148 valence electrons. The number of hydrogen-bond donors (Lipinski definition) is 0. The highest BCUT2D eigenvalue weighted by atomic mass is 16.5. The summed E-state index contributed by atoms with van der Waals surface area (Å²) in [4.78, 5) is 32.6. The zero-order valence-corrected chi connectivity index (χ0v) is 16.7. The van der Waals surface area contributed by atoms with Crippen molar-refractivity contribution in [2.45, 2.75) is 33.4 Å². The fourth-order valence-corrected chi connectivity index (χ4v) is 3.92. The summed E-state index contributed by atoms with van der Waals surface area (Å²) < 4.78 is 10.1. The van der Waals surface area contributed by atoms with Gasteiger partial charge < -0.3 is 14.2 Å². The molecule has 8 heteroatoms. The van der Waals surface area contributed by atoms with Crippen molar-refractivity contribution >= 4 is 22.8 Å². The Morgan fingerprint density at radius 1 is 1.25 bits per heavy atom. The van der Waals surface area contributed by atoms with Gasteiger partial charge in [-0.3, -0.25) is 13.9 Å². The molecule has 0 radical (unpaired) electrons. The van der Waals surface area contributed by atoms with E-state index >= 15 is 0 Å². The third kappa shape index (κ3) is 2.71. The van der Waals surface area contributed by atoms with Crippen LogP contribution in [0.25, 0.3) is 11.2 Å². The lowest BCUT2D eigenvalue weighted by Gasteiger charge is -2.33. The summed E-state index contributed by atoms with van der Waals surface area (Å²) in [5.74, 6) is 1.76. The van der Waals surface area contributed by atoms with Gasteiger partial charge in [-0.1, -0.05) is 19.9 Å². The van der Waals surface area contributed by atoms with Crippen LogP contribution >= 0.6 is 0 Å². The molecule has 1 aliphatic heterocycles. The predicted molar refractivity (Wildman–Crippen MR) is 109 cm³/mol. The summed E-state index contributed by atoms with van der Waals surface area (Å²) in [6.07, 6.45) is 0.716. The summed E-state index contributed by atoms with van der Waals surface area (Å²) in [5, 5.41) is 0. The molecule has 0 bridgehead atoms. The van der Waals surface area contributed by atoms with Gasteiger partial charge in [0.05, 0.1) is 7.11 Å². The molecule has 3 heterocycles. The van der Waals surface area contributed by atoms with Crippen LogP contribution in [0.2, 0.25) is 0 Å². The van der Waals surface area contributed by atoms with Crippen molar-refractivity contribution in [3.05, 3.63) is 45.1 Å². The Hall–Kier alpha value is -3.03. The van der Waals surface area contributed by atoms with Crippen LogP contribution in [0.1, 0.15) is 20.3 Å². The number of nitrogens with zero attached hydrogens (tertiary/aromatic N) is 5. The summed E-state index contributed by atoms with van der Waals surface area (Å²) in [6, 6.07) is 7.78. The van der Waals surface area contributed by atoms with Crippen molar-refractivity contribution in [3.63, 3.8) is 0 Å². The van der Waals surface area contributed by atoms with Gasteiger partial charge in [0.15, 0.2) is 11.2 Å². The molecule has 0 fully saturated rings. The number of aryl methyl sites for hydroxylation is 1. The molecule has 0 unspecified atom stereocenters. The number of anilines is 2. The van der Waals surface area contributed by atoms with Crippen LogP contribution < -0.4 is 20.9 Å². The first-order valence-corrected chi connectivity index (χ1v) is 9.57. The van der Waals surface area contributed by atoms with Crippen molar-refractivity contribution in [1.29, 1.82) is 0 Å². The largest absolute Gasteiger partial charge is 0.497 e. The number of imidazole rings is 1. The average molecular weight is 383 g/mol. The smallest absolute Gasteiger partial charge is 0.332 e. The maximum atomic E-state index is 13.1. The number of aromatic nitrogens is 4. The Bertz CT molecular complexity index is 1160. The highest BCUT2D eigenvalue weighted by Crippen LogP contribution is 2.34. The highest BCUT2D eigenvalue weighted by molar-refractivity contribution is 5.77. The average Bonchev–Trinajstić information content (AvgIpc) is 3.08. The number of ether oxygens (including phenoxy) is 1. The van der Waals surface area contributed by atoms with E-state index in [1.807, 2.05) is 35.8 Å². The molecule has 0 saturated carbocycles. The van der Waals surface area contributed by atoms with Gasteiger partial charge in [0.1, 0.15) is 5.75 Å². The van der Waals surface area contributed by atoms with Crippen LogP contribution in [0.3, 0.4) is 0 Å². The standard InChI is InChI=1S/C20H25N5O3/c1-5-9-23-18(26)16-17(22(3)20(23)27)21-19-24(11-13(2)12-25(16)19)14-7-6-8-15(10-14)28-4/h6-8,10,13H,5,9,11-12H2,1-4H3/t13-/m0/s1. The first-order valence-electron chi connectivity index (χ1n) is 9.57. The molecule has 0 spiro atoms. The highest BCUT2D eigenvalue weighted by Gasteiger charge is 2.29. The second-order valence-electron chi connectivity index (χ2n) is 7.41. The Labute approximate surface area is 162 Å². The Morgan fingerprint density at radius 2 is 2.04 bits per heavy atom. The van der Waals surface area contributed by atoms with E-state index < -0.39 is 0 Å². The maximum absolute atomic E-state index is 13.1. The Kier molecular flexibility index (Phi) is 4.49. The minimum absolute atomic E-state index is 0.265. The van der Waals surface area contributed by atoms with E-state index in [1.165, 1.54) is 9.13 Å². The van der Waals surface area contributed by atoms with Crippen molar-refractivity contribution in [3.8, 4) is 5.75 Å². The Balaban J connectivity index is 1.99. The molecule has 0 aliphatic carbocycles. The molecule has 28 heavy (non-hydrogen) atoms. The molecule has 0 amide bonds. The lowest BCUT2D eigenvalue weighted by atomic mass is 10.1. The molecular formula is C20H25N5O3. The van der Waals surface area contributed by atoms with E-state index in [0.29, 0.717) is 42.5 Å². The summed E-state index contributed by atoms with van der Waals surface area (Å²) >= 11 is 0. The first-order chi connectivity index (χ1) is 13.5. The number of benzene rings is 1. The van der Waals surface area contributed by atoms with Crippen LogP contribution in [-0.2, 0) is 20.1 Å². The monoisotopic (exact) mass is 383 g/mol. The molecule has 0 saturated heterocycles. The summed E-state index contributed by atoms with van der Waals surface area (Å²) in [5.41, 5.74) is 1.28. The van der Waals surface area contributed by atoms with Crippen molar-refractivity contribution in [2.75, 3.05) is 18.6 Å². The van der Waals surface area contributed by atoms with Crippen molar-refractivity contribution in [1.82, 2.24) is 18.7 Å². The Morgan fingerprint density at radius 3 is 2.75 bits per heavy atom. The second kappa shape index (κ2) is 6.85. The fraction of sp³-hybridized carbons (Fsp3) is 0.450. The van der Waals surface area contributed by atoms with Gasteiger partial charge >= 0.3 is 5.69 Å². The topological polar surface area (TPSA) is 74.3 Å². The number of methoxy groups -OCH3 is 1. The molecule has 2 aromatic heterocycles. The van der Waals surface area contributed by atoms with Gasteiger partial charge in [0.25, 0.3) is 5.56 Å². The molecule has 3 aromatic rings. The van der Waals surface area contributed by atoms with Crippen LogP contribution in [0.4, 0.5) is 11.6 Å². The van der Waals surface area contributed by atoms with E-state index in [-0.39, 0.29) is 11.2 Å². The number of rotatable bonds is 4. The third-order valence-corrected chi connectivity index (χ3v) is 5.25. The maximum Gasteiger partial charge on any atom is 0.332 e. The molecule has 1 atom stereocenters. The van der Waals surface area contributed by atoms with E-state index in [0.717, 1.165) is 18.0 Å². The molecule has 1 aromatic carbocycles. The molecular weight excluding hydrogens is 358 g/mol. The molecule has 8 nitrogen and oxygen atoms in total. The van der Waals surface area contributed by atoms with Crippen molar-refractivity contribution in [2.24, 2.45) is 13.0 Å². The van der Waals surface area contributed by atoms with Crippen LogP contribution in [0, 0.1) is 5.92 Å². The minimum Gasteiger partial charge on any atom is -0.497 e. The van der Waals surface area contributed by atoms with Gasteiger partial charge in [0.2, 0.25) is 5.95 Å². The zero-order valence-electron chi connectivity index (χ0n) is 16.7. The van der Waals surface area contributed by atoms with E-state index in [4.69, 9.17) is 9.72 Å². The molecule has 0 N–H and O–H groups in total. The minimum atomic E-state index is -0.323. The number of hydrogen-bond acceptors (Lipinski definition) is 5. The molecule has 4 rings (SSSR count). The lowest BCUT2D eigenvalue weighted by molar-refractivity contribution is 0.414. The van der Waals surface area contributed by atoms with E-state index in [2.05, 4.69) is 11.8 Å². The first kappa shape index (κ1) is 18.3. The quantitative estimate of drug-likeness (QED) is 0.690.